The van der Waals surface area contributed by atoms with E-state index < -0.39 is 0 Å². The number of benzene rings is 1. The molecule has 1 N–H and O–H groups in total. The van der Waals surface area contributed by atoms with Crippen LogP contribution in [0.4, 0.5) is 5.69 Å². The number of fused-ring (bicyclic) bond motifs is 1. The third-order valence-corrected chi connectivity index (χ3v) is 3.30. The van der Waals surface area contributed by atoms with Crippen LogP contribution in [0.5, 0.6) is 5.75 Å². The molecule has 2 amide bonds. The Labute approximate surface area is 98.2 Å². The fourth-order valence-corrected chi connectivity index (χ4v) is 2.50. The summed E-state index contributed by atoms with van der Waals surface area (Å²) in [5, 5.41) is 9.23. The fraction of sp³-hybridized carbons (Fsp3) is 0.333. The quantitative estimate of drug-likeness (QED) is 0.774. The zero-order valence-corrected chi connectivity index (χ0v) is 9.17. The molecule has 2 fully saturated rings. The summed E-state index contributed by atoms with van der Waals surface area (Å²) in [6, 6.07) is 6.48. The van der Waals surface area contributed by atoms with Crippen molar-refractivity contribution in [3.05, 3.63) is 24.3 Å². The minimum atomic E-state index is -0.139. The number of aromatic hydroxyl groups is 1. The van der Waals surface area contributed by atoms with E-state index in [9.17, 15) is 14.7 Å². The lowest BCUT2D eigenvalue weighted by molar-refractivity contribution is -0.129. The van der Waals surface area contributed by atoms with Crippen molar-refractivity contribution < 1.29 is 14.7 Å². The third-order valence-electron chi connectivity index (χ3n) is 3.30. The molecule has 1 unspecified atom stereocenters. The van der Waals surface area contributed by atoms with Crippen molar-refractivity contribution in [3.8, 4) is 5.75 Å². The van der Waals surface area contributed by atoms with Gasteiger partial charge >= 0.3 is 0 Å². The number of carbonyl (C=O) groups excluding carboxylic acids is 2. The number of hydrogen-bond acceptors (Lipinski definition) is 3. The molecule has 2 heterocycles. The maximum absolute atomic E-state index is 11.9. The van der Waals surface area contributed by atoms with Crippen molar-refractivity contribution in [3.63, 3.8) is 0 Å². The minimum Gasteiger partial charge on any atom is -0.508 e. The summed E-state index contributed by atoms with van der Waals surface area (Å²) in [7, 11) is 0. The van der Waals surface area contributed by atoms with E-state index in [0.29, 0.717) is 12.8 Å². The average molecular weight is 232 g/mol. The van der Waals surface area contributed by atoms with Gasteiger partial charge < -0.3 is 10.0 Å². The standard InChI is InChI=1S/C12H12N2O3/c15-9-3-1-8(2-4-9)14-10-5-6-11(16)13(10)7-12(14)17/h1-4,10,15H,5-7H2. The molecule has 0 aromatic heterocycles. The Morgan fingerprint density at radius 3 is 2.53 bits per heavy atom. The molecule has 88 valence electrons. The van der Waals surface area contributed by atoms with Crippen LogP contribution in [-0.2, 0) is 9.59 Å². The summed E-state index contributed by atoms with van der Waals surface area (Å²) in [5.41, 5.74) is 0.731. The van der Waals surface area contributed by atoms with E-state index in [2.05, 4.69) is 0 Å². The summed E-state index contributed by atoms with van der Waals surface area (Å²) in [6.45, 7) is 0.171. The van der Waals surface area contributed by atoms with Gasteiger partial charge in [0.2, 0.25) is 11.8 Å². The summed E-state index contributed by atoms with van der Waals surface area (Å²) in [4.78, 5) is 26.7. The normalized spacial score (nSPS) is 23.4. The van der Waals surface area contributed by atoms with Crippen LogP contribution in [0, 0.1) is 0 Å². The van der Waals surface area contributed by atoms with Crippen LogP contribution in [-0.4, -0.2) is 34.5 Å². The Balaban J connectivity index is 1.95. The molecule has 0 bridgehead atoms. The van der Waals surface area contributed by atoms with E-state index in [4.69, 9.17) is 0 Å². The Morgan fingerprint density at radius 2 is 1.82 bits per heavy atom. The molecule has 0 spiro atoms. The molecule has 0 radical (unpaired) electrons. The van der Waals surface area contributed by atoms with Gasteiger partial charge in [0.1, 0.15) is 18.5 Å². The zero-order chi connectivity index (χ0) is 12.0. The Bertz CT molecular complexity index is 483. The average Bonchev–Trinajstić information content (AvgIpc) is 2.81. The molecule has 5 heteroatoms. The third kappa shape index (κ3) is 1.46. The molecular formula is C12H12N2O3. The molecule has 5 nitrogen and oxygen atoms in total. The highest BCUT2D eigenvalue weighted by atomic mass is 16.3. The van der Waals surface area contributed by atoms with Gasteiger partial charge in [-0.2, -0.15) is 0 Å². The molecule has 1 aromatic carbocycles. The number of anilines is 1. The van der Waals surface area contributed by atoms with Crippen LogP contribution in [0.15, 0.2) is 24.3 Å². The van der Waals surface area contributed by atoms with Crippen LogP contribution < -0.4 is 4.90 Å². The predicted octanol–water partition coefficient (Wildman–Crippen LogP) is 0.687. The molecule has 17 heavy (non-hydrogen) atoms. The molecule has 2 saturated heterocycles. The van der Waals surface area contributed by atoms with Crippen molar-refractivity contribution >= 4 is 17.5 Å². The van der Waals surface area contributed by atoms with Gasteiger partial charge in [-0.1, -0.05) is 0 Å². The van der Waals surface area contributed by atoms with Gasteiger partial charge in [0.15, 0.2) is 0 Å². The van der Waals surface area contributed by atoms with E-state index in [-0.39, 0.29) is 30.3 Å². The van der Waals surface area contributed by atoms with Gasteiger partial charge in [0, 0.05) is 12.1 Å². The monoisotopic (exact) mass is 232 g/mol. The van der Waals surface area contributed by atoms with Crippen molar-refractivity contribution in [2.24, 2.45) is 0 Å². The van der Waals surface area contributed by atoms with Gasteiger partial charge in [0.25, 0.3) is 0 Å². The fourth-order valence-electron chi connectivity index (χ4n) is 2.50. The van der Waals surface area contributed by atoms with E-state index in [1.807, 2.05) is 0 Å². The van der Waals surface area contributed by atoms with Crippen LogP contribution in [0.2, 0.25) is 0 Å². The van der Waals surface area contributed by atoms with Crippen LogP contribution in [0.25, 0.3) is 0 Å². The molecule has 0 aliphatic carbocycles. The molecule has 3 rings (SSSR count). The van der Waals surface area contributed by atoms with E-state index in [0.717, 1.165) is 5.69 Å². The second kappa shape index (κ2) is 3.48. The maximum Gasteiger partial charge on any atom is 0.248 e. The Morgan fingerprint density at radius 1 is 1.12 bits per heavy atom. The number of phenols is 1. The predicted molar refractivity (Wildman–Crippen MR) is 60.3 cm³/mol. The number of rotatable bonds is 1. The van der Waals surface area contributed by atoms with E-state index >= 15 is 0 Å². The van der Waals surface area contributed by atoms with Gasteiger partial charge in [-0.3, -0.25) is 14.5 Å². The largest absolute Gasteiger partial charge is 0.508 e. The van der Waals surface area contributed by atoms with E-state index in [1.54, 1.807) is 34.1 Å². The lowest BCUT2D eigenvalue weighted by atomic mass is 10.2. The first kappa shape index (κ1) is 10.1. The SMILES string of the molecule is O=C1CCC2N1CC(=O)N2c1ccc(O)cc1. The zero-order valence-electron chi connectivity index (χ0n) is 9.17. The van der Waals surface area contributed by atoms with Crippen molar-refractivity contribution in [1.29, 1.82) is 0 Å². The van der Waals surface area contributed by atoms with E-state index in [1.165, 1.54) is 0 Å². The molecular weight excluding hydrogens is 220 g/mol. The van der Waals surface area contributed by atoms with Crippen LogP contribution in [0.3, 0.4) is 0 Å². The van der Waals surface area contributed by atoms with Crippen molar-refractivity contribution in [2.75, 3.05) is 11.4 Å². The summed E-state index contributed by atoms with van der Waals surface area (Å²) < 4.78 is 0. The Hall–Kier alpha value is -2.04. The lowest BCUT2D eigenvalue weighted by Gasteiger charge is -2.23. The van der Waals surface area contributed by atoms with Gasteiger partial charge in [-0.25, -0.2) is 0 Å². The Kier molecular flexibility index (Phi) is 2.07. The highest BCUT2D eigenvalue weighted by Gasteiger charge is 2.44. The van der Waals surface area contributed by atoms with Crippen LogP contribution >= 0.6 is 0 Å². The lowest BCUT2D eigenvalue weighted by Crippen LogP contribution is -2.36. The molecule has 2 aliphatic heterocycles. The number of hydrogen-bond donors (Lipinski definition) is 1. The first-order valence-corrected chi connectivity index (χ1v) is 5.57. The summed E-state index contributed by atoms with van der Waals surface area (Å²) in [5.74, 6) is 0.151. The number of carbonyl (C=O) groups is 2. The van der Waals surface area contributed by atoms with Crippen molar-refractivity contribution in [1.82, 2.24) is 4.90 Å². The van der Waals surface area contributed by atoms with Crippen LogP contribution in [0.1, 0.15) is 12.8 Å². The minimum absolute atomic E-state index is 0.0460. The van der Waals surface area contributed by atoms with Gasteiger partial charge in [-0.15, -0.1) is 0 Å². The molecule has 1 aromatic rings. The summed E-state index contributed by atoms with van der Waals surface area (Å²) >= 11 is 0. The van der Waals surface area contributed by atoms with Gasteiger partial charge in [-0.05, 0) is 30.7 Å². The smallest absolute Gasteiger partial charge is 0.248 e. The number of nitrogens with zero attached hydrogens (tertiary/aromatic N) is 2. The highest BCUT2D eigenvalue weighted by Crippen LogP contribution is 2.32. The second-order valence-electron chi connectivity index (χ2n) is 4.32. The highest BCUT2D eigenvalue weighted by molar-refractivity contribution is 6.02. The number of phenolic OH excluding ortho intramolecular Hbond substituents is 1. The second-order valence-corrected chi connectivity index (χ2v) is 4.32. The first-order valence-electron chi connectivity index (χ1n) is 5.57. The number of amides is 2. The summed E-state index contributed by atoms with van der Waals surface area (Å²) in [6.07, 6.45) is 1.05. The van der Waals surface area contributed by atoms with Crippen molar-refractivity contribution in [2.45, 2.75) is 19.0 Å². The maximum atomic E-state index is 11.9. The molecule has 1 atom stereocenters. The topological polar surface area (TPSA) is 60.9 Å². The van der Waals surface area contributed by atoms with Gasteiger partial charge in [0.05, 0.1) is 0 Å². The molecule has 2 aliphatic rings. The molecule has 0 saturated carbocycles. The first-order chi connectivity index (χ1) is 8.16.